The van der Waals surface area contributed by atoms with Crippen molar-refractivity contribution in [3.05, 3.63) is 0 Å². The molecule has 1 aliphatic rings. The summed E-state index contributed by atoms with van der Waals surface area (Å²) in [6.07, 6.45) is 5.88. The Bertz CT molecular complexity index is 289. The summed E-state index contributed by atoms with van der Waals surface area (Å²) in [5.41, 5.74) is 0. The molecule has 0 saturated heterocycles. The Kier molecular flexibility index (Phi) is 6.16. The van der Waals surface area contributed by atoms with E-state index in [4.69, 9.17) is 0 Å². The largest absolute Gasteiger partial charge is 0.481 e. The molecule has 0 aliphatic heterocycles. The highest BCUT2D eigenvalue weighted by Gasteiger charge is 2.30. The Morgan fingerprint density at radius 2 is 1.89 bits per heavy atom. The standard InChI is InChI=1S/C14H25NO3/c1-10(2)8-9-13(16)15-12-7-5-3-4-6-11(12)14(17)18/h10-12H,3-9H2,1-2H3,(H,15,16)(H,17,18)/t11-,12+/m1/s1. The van der Waals surface area contributed by atoms with Crippen molar-refractivity contribution in [2.45, 2.75) is 64.8 Å². The summed E-state index contributed by atoms with van der Waals surface area (Å²) in [5.74, 6) is -0.677. The van der Waals surface area contributed by atoms with Gasteiger partial charge in [0.1, 0.15) is 0 Å². The minimum Gasteiger partial charge on any atom is -0.481 e. The molecule has 0 bridgehead atoms. The summed E-state index contributed by atoms with van der Waals surface area (Å²) in [6, 6.07) is -0.176. The first-order chi connectivity index (χ1) is 8.50. The molecular formula is C14H25NO3. The van der Waals surface area contributed by atoms with Crippen LogP contribution in [0.4, 0.5) is 0 Å². The van der Waals surface area contributed by atoms with Crippen LogP contribution in [-0.4, -0.2) is 23.0 Å². The van der Waals surface area contributed by atoms with Crippen molar-refractivity contribution in [2.75, 3.05) is 0 Å². The van der Waals surface area contributed by atoms with Crippen molar-refractivity contribution in [3.63, 3.8) is 0 Å². The van der Waals surface area contributed by atoms with Crippen molar-refractivity contribution >= 4 is 11.9 Å². The fourth-order valence-corrected chi connectivity index (χ4v) is 2.47. The summed E-state index contributed by atoms with van der Waals surface area (Å²) in [6.45, 7) is 4.16. The van der Waals surface area contributed by atoms with Crippen LogP contribution in [-0.2, 0) is 9.59 Å². The highest BCUT2D eigenvalue weighted by atomic mass is 16.4. The van der Waals surface area contributed by atoms with E-state index in [1.807, 2.05) is 0 Å². The predicted molar refractivity (Wildman–Crippen MR) is 70.2 cm³/mol. The van der Waals surface area contributed by atoms with Gasteiger partial charge in [-0.15, -0.1) is 0 Å². The molecular weight excluding hydrogens is 230 g/mol. The fourth-order valence-electron chi connectivity index (χ4n) is 2.47. The van der Waals surface area contributed by atoms with Crippen LogP contribution in [0.2, 0.25) is 0 Å². The summed E-state index contributed by atoms with van der Waals surface area (Å²) < 4.78 is 0. The van der Waals surface area contributed by atoms with Gasteiger partial charge in [0, 0.05) is 12.5 Å². The summed E-state index contributed by atoms with van der Waals surface area (Å²) in [7, 11) is 0. The van der Waals surface area contributed by atoms with Gasteiger partial charge in [-0.2, -0.15) is 0 Å². The molecule has 0 aromatic carbocycles. The third-order valence-corrected chi connectivity index (χ3v) is 3.63. The first-order valence-corrected chi connectivity index (χ1v) is 7.03. The van der Waals surface area contributed by atoms with Crippen molar-refractivity contribution in [1.29, 1.82) is 0 Å². The third kappa shape index (κ3) is 5.07. The summed E-state index contributed by atoms with van der Waals surface area (Å²) in [4.78, 5) is 23.0. The van der Waals surface area contributed by atoms with Crippen LogP contribution in [0.15, 0.2) is 0 Å². The number of nitrogens with one attached hydrogen (secondary N) is 1. The van der Waals surface area contributed by atoms with Crippen LogP contribution in [0.25, 0.3) is 0 Å². The molecule has 18 heavy (non-hydrogen) atoms. The third-order valence-electron chi connectivity index (χ3n) is 3.63. The lowest BCUT2D eigenvalue weighted by molar-refractivity contribution is -0.143. The van der Waals surface area contributed by atoms with Gasteiger partial charge in [0.2, 0.25) is 5.91 Å². The lowest BCUT2D eigenvalue weighted by Gasteiger charge is -2.23. The molecule has 1 saturated carbocycles. The van der Waals surface area contributed by atoms with Crippen LogP contribution in [0.1, 0.15) is 58.8 Å². The van der Waals surface area contributed by atoms with Gasteiger partial charge in [0.15, 0.2) is 0 Å². The van der Waals surface area contributed by atoms with Gasteiger partial charge >= 0.3 is 5.97 Å². The molecule has 0 spiro atoms. The van der Waals surface area contributed by atoms with Crippen molar-refractivity contribution < 1.29 is 14.7 Å². The van der Waals surface area contributed by atoms with E-state index < -0.39 is 11.9 Å². The van der Waals surface area contributed by atoms with Gasteiger partial charge in [0.25, 0.3) is 0 Å². The second-order valence-electron chi connectivity index (χ2n) is 5.69. The maximum Gasteiger partial charge on any atom is 0.308 e. The topological polar surface area (TPSA) is 66.4 Å². The monoisotopic (exact) mass is 255 g/mol. The molecule has 4 heteroatoms. The van der Waals surface area contributed by atoms with E-state index in [1.54, 1.807) is 0 Å². The van der Waals surface area contributed by atoms with E-state index in [0.29, 0.717) is 18.8 Å². The molecule has 1 amide bonds. The molecule has 1 aliphatic carbocycles. The van der Waals surface area contributed by atoms with Gasteiger partial charge in [-0.1, -0.05) is 33.1 Å². The van der Waals surface area contributed by atoms with E-state index in [-0.39, 0.29) is 11.9 Å². The summed E-state index contributed by atoms with van der Waals surface area (Å²) in [5, 5.41) is 12.1. The zero-order valence-electron chi connectivity index (χ0n) is 11.4. The fraction of sp³-hybridized carbons (Fsp3) is 0.857. The Labute approximate surface area is 109 Å². The number of rotatable bonds is 5. The first kappa shape index (κ1) is 15.0. The van der Waals surface area contributed by atoms with Crippen molar-refractivity contribution in [1.82, 2.24) is 5.32 Å². The SMILES string of the molecule is CC(C)CCC(=O)N[C@H]1CCCCC[C@H]1C(=O)O. The van der Waals surface area contributed by atoms with Crippen LogP contribution < -0.4 is 5.32 Å². The number of carboxylic acids is 1. The lowest BCUT2D eigenvalue weighted by Crippen LogP contribution is -2.42. The Hall–Kier alpha value is -1.06. The molecule has 1 rings (SSSR count). The Morgan fingerprint density at radius 1 is 1.22 bits per heavy atom. The molecule has 0 radical (unpaired) electrons. The quantitative estimate of drug-likeness (QED) is 0.742. The Balaban J connectivity index is 2.49. The average Bonchev–Trinajstić information content (AvgIpc) is 2.51. The number of hydrogen-bond acceptors (Lipinski definition) is 2. The number of carbonyl (C=O) groups is 2. The van der Waals surface area contributed by atoms with Gasteiger partial charge in [0.05, 0.1) is 5.92 Å². The van der Waals surface area contributed by atoms with E-state index in [2.05, 4.69) is 19.2 Å². The van der Waals surface area contributed by atoms with Gasteiger partial charge in [-0.05, 0) is 25.2 Å². The maximum absolute atomic E-state index is 11.8. The zero-order valence-corrected chi connectivity index (χ0v) is 11.4. The number of carbonyl (C=O) groups excluding carboxylic acids is 1. The number of carboxylic acid groups (broad SMARTS) is 1. The minimum absolute atomic E-state index is 0.00171. The molecule has 0 heterocycles. The summed E-state index contributed by atoms with van der Waals surface area (Å²) >= 11 is 0. The molecule has 2 atom stereocenters. The smallest absolute Gasteiger partial charge is 0.308 e. The van der Waals surface area contributed by atoms with E-state index >= 15 is 0 Å². The van der Waals surface area contributed by atoms with Gasteiger partial charge in [-0.25, -0.2) is 0 Å². The minimum atomic E-state index is -0.772. The van der Waals surface area contributed by atoms with Gasteiger partial charge in [-0.3, -0.25) is 9.59 Å². The van der Waals surface area contributed by atoms with Gasteiger partial charge < -0.3 is 10.4 Å². The zero-order chi connectivity index (χ0) is 13.5. The number of amides is 1. The Morgan fingerprint density at radius 3 is 2.50 bits per heavy atom. The van der Waals surface area contributed by atoms with E-state index in [9.17, 15) is 14.7 Å². The molecule has 0 aromatic rings. The first-order valence-electron chi connectivity index (χ1n) is 7.03. The average molecular weight is 255 g/mol. The molecule has 2 N–H and O–H groups in total. The highest BCUT2D eigenvalue weighted by Crippen LogP contribution is 2.24. The van der Waals surface area contributed by atoms with Crippen LogP contribution in [0.3, 0.4) is 0 Å². The maximum atomic E-state index is 11.8. The molecule has 1 fully saturated rings. The van der Waals surface area contributed by atoms with Crippen LogP contribution >= 0.6 is 0 Å². The molecule has 4 nitrogen and oxygen atoms in total. The number of aliphatic carboxylic acids is 1. The van der Waals surface area contributed by atoms with Crippen LogP contribution in [0, 0.1) is 11.8 Å². The normalized spacial score (nSPS) is 24.6. The van der Waals surface area contributed by atoms with Crippen molar-refractivity contribution in [2.24, 2.45) is 11.8 Å². The molecule has 0 unspecified atom stereocenters. The highest BCUT2D eigenvalue weighted by molar-refractivity contribution is 5.78. The lowest BCUT2D eigenvalue weighted by atomic mass is 9.94. The number of hydrogen-bond donors (Lipinski definition) is 2. The van der Waals surface area contributed by atoms with Crippen LogP contribution in [0.5, 0.6) is 0 Å². The molecule has 104 valence electrons. The second-order valence-corrected chi connectivity index (χ2v) is 5.69. The predicted octanol–water partition coefficient (Wildman–Crippen LogP) is 2.57. The molecule has 0 aromatic heterocycles. The van der Waals surface area contributed by atoms with E-state index in [1.165, 1.54) is 0 Å². The van der Waals surface area contributed by atoms with Crippen molar-refractivity contribution in [3.8, 4) is 0 Å². The second kappa shape index (κ2) is 7.39. The van der Waals surface area contributed by atoms with E-state index in [0.717, 1.165) is 32.1 Å².